The molecule has 0 radical (unpaired) electrons. The topological polar surface area (TPSA) is 79.2 Å². The largest absolute Gasteiger partial charge is 0.468 e. The lowest BCUT2D eigenvalue weighted by molar-refractivity contribution is -0.137. The predicted octanol–water partition coefficient (Wildman–Crippen LogP) is 2.94. The van der Waals surface area contributed by atoms with Crippen molar-refractivity contribution in [3.63, 3.8) is 0 Å². The molecule has 0 aliphatic carbocycles. The van der Waals surface area contributed by atoms with Gasteiger partial charge in [0.25, 0.3) is 0 Å². The first-order valence-electron chi connectivity index (χ1n) is 6.85. The van der Waals surface area contributed by atoms with E-state index in [2.05, 4.69) is 16.1 Å². The molecule has 2 heterocycles. The summed E-state index contributed by atoms with van der Waals surface area (Å²) in [5, 5.41) is 15.2. The Kier molecular flexibility index (Phi) is 5.64. The number of nitrogens with zero attached hydrogens (tertiary/aromatic N) is 1. The summed E-state index contributed by atoms with van der Waals surface area (Å²) in [6, 6.07) is 6.01. The predicted molar refractivity (Wildman–Crippen MR) is 90.7 cm³/mol. The molecule has 5 nitrogen and oxygen atoms in total. The van der Waals surface area contributed by atoms with Crippen molar-refractivity contribution in [2.45, 2.75) is 19.8 Å². The molecule has 0 aromatic carbocycles. The number of thiophene rings is 1. The van der Waals surface area contributed by atoms with Gasteiger partial charge in [-0.1, -0.05) is 17.8 Å². The van der Waals surface area contributed by atoms with E-state index < -0.39 is 0 Å². The van der Waals surface area contributed by atoms with E-state index in [0.29, 0.717) is 21.9 Å². The monoisotopic (exact) mass is 348 g/mol. The van der Waals surface area contributed by atoms with Gasteiger partial charge in [0.15, 0.2) is 5.78 Å². The molecule has 1 aliphatic rings. The number of allylic oxidation sites excluding steroid dienone is 3. The van der Waals surface area contributed by atoms with Crippen LogP contribution in [0.4, 0.5) is 0 Å². The number of ether oxygens (including phenoxy) is 1. The Morgan fingerprint density at radius 2 is 2.26 bits per heavy atom. The molecule has 0 saturated heterocycles. The lowest BCUT2D eigenvalue weighted by Gasteiger charge is -2.28. The van der Waals surface area contributed by atoms with Crippen LogP contribution in [-0.4, -0.2) is 24.6 Å². The molecule has 120 valence electrons. The summed E-state index contributed by atoms with van der Waals surface area (Å²) >= 11 is 2.71. The number of hydrogen-bond acceptors (Lipinski definition) is 7. The number of thioether (sulfide) groups is 1. The summed E-state index contributed by atoms with van der Waals surface area (Å²) in [5.41, 5.74) is 1.76. The van der Waals surface area contributed by atoms with E-state index in [1.807, 2.05) is 24.4 Å². The standard InChI is InChI=1S/C16H16N2O3S2/c1-9-14(10(2)19)15(12-5-4-6-22-12)11(7-17)16(18-9)23-8-13(20)21-3/h4-6,15,18H,8H2,1-3H3/t15-/m0/s1. The number of nitrogens with one attached hydrogen (secondary N) is 1. The zero-order valence-corrected chi connectivity index (χ0v) is 14.6. The van der Waals surface area contributed by atoms with E-state index in [0.717, 1.165) is 4.88 Å². The highest BCUT2D eigenvalue weighted by atomic mass is 32.2. The molecule has 0 fully saturated rings. The van der Waals surface area contributed by atoms with E-state index >= 15 is 0 Å². The summed E-state index contributed by atoms with van der Waals surface area (Å²) in [7, 11) is 1.32. The maximum atomic E-state index is 12.1. The highest BCUT2D eigenvalue weighted by Gasteiger charge is 2.33. The minimum Gasteiger partial charge on any atom is -0.468 e. The Hall–Kier alpha value is -2.04. The third-order valence-corrected chi connectivity index (χ3v) is 5.34. The summed E-state index contributed by atoms with van der Waals surface area (Å²) in [6.07, 6.45) is 0. The quantitative estimate of drug-likeness (QED) is 0.824. The zero-order valence-electron chi connectivity index (χ0n) is 13.0. The Balaban J connectivity index is 2.47. The second kappa shape index (κ2) is 7.49. The van der Waals surface area contributed by atoms with Crippen molar-refractivity contribution in [2.24, 2.45) is 0 Å². The van der Waals surface area contributed by atoms with Crippen molar-refractivity contribution in [1.29, 1.82) is 5.26 Å². The van der Waals surface area contributed by atoms with Crippen LogP contribution in [0.15, 0.2) is 39.4 Å². The van der Waals surface area contributed by atoms with Gasteiger partial charge >= 0.3 is 5.97 Å². The average molecular weight is 348 g/mol. The fraction of sp³-hybridized carbons (Fsp3) is 0.312. The maximum absolute atomic E-state index is 12.1. The molecule has 1 atom stereocenters. The van der Waals surface area contributed by atoms with Crippen molar-refractivity contribution < 1.29 is 14.3 Å². The van der Waals surface area contributed by atoms with Crippen LogP contribution in [0.1, 0.15) is 24.6 Å². The second-order valence-electron chi connectivity index (χ2n) is 4.89. The van der Waals surface area contributed by atoms with Crippen molar-refractivity contribution >= 4 is 34.9 Å². The molecule has 1 aliphatic heterocycles. The first kappa shape index (κ1) is 17.3. The van der Waals surface area contributed by atoms with Crippen LogP contribution in [-0.2, 0) is 14.3 Å². The van der Waals surface area contributed by atoms with E-state index in [1.54, 1.807) is 0 Å². The minimum absolute atomic E-state index is 0.0711. The molecule has 0 saturated carbocycles. The third-order valence-electron chi connectivity index (χ3n) is 3.42. The molecule has 7 heteroatoms. The fourth-order valence-corrected chi connectivity index (χ4v) is 4.19. The molecule has 23 heavy (non-hydrogen) atoms. The molecule has 1 N–H and O–H groups in total. The number of ketones is 1. The normalized spacial score (nSPS) is 17.6. The van der Waals surface area contributed by atoms with E-state index in [-0.39, 0.29) is 23.4 Å². The van der Waals surface area contributed by atoms with Crippen LogP contribution in [0.5, 0.6) is 0 Å². The number of carbonyl (C=O) groups is 2. The van der Waals surface area contributed by atoms with Crippen molar-refractivity contribution in [1.82, 2.24) is 5.32 Å². The van der Waals surface area contributed by atoms with Crippen LogP contribution in [0.25, 0.3) is 0 Å². The van der Waals surface area contributed by atoms with Gasteiger partial charge in [-0.3, -0.25) is 9.59 Å². The smallest absolute Gasteiger partial charge is 0.316 e. The minimum atomic E-state index is -0.390. The zero-order chi connectivity index (χ0) is 17.0. The molecule has 0 bridgehead atoms. The summed E-state index contributed by atoms with van der Waals surface area (Å²) in [5.74, 6) is -0.727. The van der Waals surface area contributed by atoms with Crippen LogP contribution in [0.2, 0.25) is 0 Å². The molecular weight excluding hydrogens is 332 g/mol. The lowest BCUT2D eigenvalue weighted by Crippen LogP contribution is -2.27. The van der Waals surface area contributed by atoms with E-state index in [1.165, 1.54) is 37.1 Å². The highest BCUT2D eigenvalue weighted by molar-refractivity contribution is 8.03. The van der Waals surface area contributed by atoms with Crippen LogP contribution in [0, 0.1) is 11.3 Å². The number of carbonyl (C=O) groups excluding carboxylic acids is 2. The van der Waals surface area contributed by atoms with Gasteiger partial charge in [-0.25, -0.2) is 0 Å². The van der Waals surface area contributed by atoms with Gasteiger partial charge in [0.1, 0.15) is 0 Å². The summed E-state index contributed by atoms with van der Waals surface area (Å²) < 4.78 is 4.64. The first-order chi connectivity index (χ1) is 11.0. The summed E-state index contributed by atoms with van der Waals surface area (Å²) in [6.45, 7) is 3.31. The summed E-state index contributed by atoms with van der Waals surface area (Å²) in [4.78, 5) is 24.4. The molecule has 1 aromatic heterocycles. The van der Waals surface area contributed by atoms with Crippen LogP contribution >= 0.6 is 23.1 Å². The number of nitriles is 1. The number of Topliss-reactive ketones (excluding diaryl/α,β-unsaturated/α-hetero) is 1. The van der Waals surface area contributed by atoms with Crippen LogP contribution in [0.3, 0.4) is 0 Å². The lowest BCUT2D eigenvalue weighted by atomic mass is 9.85. The number of hydrogen-bond donors (Lipinski definition) is 1. The van der Waals surface area contributed by atoms with Gasteiger partial charge in [-0.15, -0.1) is 11.3 Å². The van der Waals surface area contributed by atoms with Gasteiger partial charge in [-0.2, -0.15) is 5.26 Å². The van der Waals surface area contributed by atoms with Gasteiger partial charge in [0, 0.05) is 16.1 Å². The number of dihydropyridines is 1. The molecular formula is C16H16N2O3S2. The Bertz CT molecular complexity index is 727. The van der Waals surface area contributed by atoms with Crippen molar-refractivity contribution in [2.75, 3.05) is 12.9 Å². The van der Waals surface area contributed by atoms with Crippen LogP contribution < -0.4 is 5.32 Å². The Morgan fingerprint density at radius 1 is 1.52 bits per heavy atom. The van der Waals surface area contributed by atoms with Crippen molar-refractivity contribution in [3.05, 3.63) is 44.3 Å². The molecule has 1 aromatic rings. The van der Waals surface area contributed by atoms with Gasteiger partial charge in [-0.05, 0) is 25.3 Å². The first-order valence-corrected chi connectivity index (χ1v) is 8.72. The second-order valence-corrected chi connectivity index (χ2v) is 6.85. The molecule has 0 unspecified atom stereocenters. The number of esters is 1. The average Bonchev–Trinajstić information content (AvgIpc) is 3.05. The number of methoxy groups -OCH3 is 1. The van der Waals surface area contributed by atoms with E-state index in [9.17, 15) is 14.9 Å². The van der Waals surface area contributed by atoms with Gasteiger partial charge < -0.3 is 10.1 Å². The van der Waals surface area contributed by atoms with Crippen molar-refractivity contribution in [3.8, 4) is 6.07 Å². The molecule has 0 spiro atoms. The SMILES string of the molecule is COC(=O)CSC1=C(C#N)[C@@H](c2cccs2)C(C(C)=O)=C(C)N1. The third kappa shape index (κ3) is 3.66. The molecule has 2 rings (SSSR count). The Morgan fingerprint density at radius 3 is 2.78 bits per heavy atom. The van der Waals surface area contributed by atoms with Gasteiger partial charge in [0.05, 0.1) is 35.5 Å². The fourth-order valence-electron chi connectivity index (χ4n) is 2.42. The van der Waals surface area contributed by atoms with E-state index in [4.69, 9.17) is 0 Å². The Labute approximate surface area is 143 Å². The van der Waals surface area contributed by atoms with Gasteiger partial charge in [0.2, 0.25) is 0 Å². The maximum Gasteiger partial charge on any atom is 0.316 e. The highest BCUT2D eigenvalue weighted by Crippen LogP contribution is 2.42. The molecule has 0 amide bonds. The number of rotatable bonds is 5.